The van der Waals surface area contributed by atoms with E-state index >= 15 is 0 Å². The fourth-order valence-corrected chi connectivity index (χ4v) is 3.03. The van der Waals surface area contributed by atoms with Crippen LogP contribution in [0.5, 0.6) is 5.75 Å². The van der Waals surface area contributed by atoms with E-state index in [9.17, 15) is 4.79 Å². The minimum atomic E-state index is 0.0666. The van der Waals surface area contributed by atoms with Crippen molar-refractivity contribution in [3.05, 3.63) is 29.3 Å². The van der Waals surface area contributed by atoms with E-state index in [2.05, 4.69) is 19.0 Å². The molecule has 0 saturated carbocycles. The Bertz CT molecular complexity index is 545. The molecule has 22 heavy (non-hydrogen) atoms. The molecule has 2 aliphatic rings. The van der Waals surface area contributed by atoms with Crippen molar-refractivity contribution in [2.75, 3.05) is 46.9 Å². The summed E-state index contributed by atoms with van der Waals surface area (Å²) in [6.07, 6.45) is 1.96. The summed E-state index contributed by atoms with van der Waals surface area (Å²) in [6, 6.07) is 5.86. The van der Waals surface area contributed by atoms with Crippen molar-refractivity contribution in [1.82, 2.24) is 9.80 Å². The lowest BCUT2D eigenvalue weighted by Crippen LogP contribution is -2.46. The van der Waals surface area contributed by atoms with Gasteiger partial charge in [0.2, 0.25) is 0 Å². The average Bonchev–Trinajstić information content (AvgIpc) is 3.01. The van der Waals surface area contributed by atoms with Crippen LogP contribution in [0.15, 0.2) is 18.2 Å². The van der Waals surface area contributed by atoms with Crippen molar-refractivity contribution >= 4 is 5.91 Å². The van der Waals surface area contributed by atoms with Crippen LogP contribution in [-0.4, -0.2) is 68.8 Å². The summed E-state index contributed by atoms with van der Waals surface area (Å²) < 4.78 is 11.4. The maximum absolute atomic E-state index is 12.8. The summed E-state index contributed by atoms with van der Waals surface area (Å²) in [5.74, 6) is 0.848. The number of hydrogen-bond donors (Lipinski definition) is 0. The molecule has 0 bridgehead atoms. The number of carbonyl (C=O) groups excluding carboxylic acids is 1. The quantitative estimate of drug-likeness (QED) is 0.843. The van der Waals surface area contributed by atoms with Gasteiger partial charge < -0.3 is 19.3 Å². The van der Waals surface area contributed by atoms with Crippen LogP contribution in [0.2, 0.25) is 0 Å². The molecule has 1 fully saturated rings. The van der Waals surface area contributed by atoms with Gasteiger partial charge in [-0.05, 0) is 32.1 Å². The van der Waals surface area contributed by atoms with Crippen molar-refractivity contribution < 1.29 is 14.3 Å². The Morgan fingerprint density at radius 3 is 3.05 bits per heavy atom. The summed E-state index contributed by atoms with van der Waals surface area (Å²) in [6.45, 7) is 3.57. The van der Waals surface area contributed by atoms with Gasteiger partial charge in [0.15, 0.2) is 0 Å². The van der Waals surface area contributed by atoms with Gasteiger partial charge in [-0.1, -0.05) is 12.1 Å². The average molecular weight is 304 g/mol. The lowest BCUT2D eigenvalue weighted by atomic mass is 10.1. The van der Waals surface area contributed by atoms with E-state index in [1.807, 2.05) is 23.1 Å². The minimum absolute atomic E-state index is 0.0666. The van der Waals surface area contributed by atoms with Gasteiger partial charge in [-0.15, -0.1) is 0 Å². The van der Waals surface area contributed by atoms with Crippen LogP contribution >= 0.6 is 0 Å². The molecular formula is C17H24N2O3. The third-order valence-corrected chi connectivity index (χ3v) is 4.27. The Morgan fingerprint density at radius 2 is 2.23 bits per heavy atom. The Hall–Kier alpha value is -1.59. The number of ether oxygens (including phenoxy) is 2. The van der Waals surface area contributed by atoms with Crippen LogP contribution in [0, 0.1) is 0 Å². The second-order valence-electron chi connectivity index (χ2n) is 6.23. The number of nitrogens with zero attached hydrogens (tertiary/aromatic N) is 2. The van der Waals surface area contributed by atoms with Gasteiger partial charge in [0.1, 0.15) is 5.75 Å². The number of fused-ring (bicyclic) bond motifs is 1. The highest BCUT2D eigenvalue weighted by molar-refractivity contribution is 5.97. The first-order chi connectivity index (χ1) is 10.6. The number of benzene rings is 1. The van der Waals surface area contributed by atoms with E-state index in [4.69, 9.17) is 9.47 Å². The van der Waals surface area contributed by atoms with Crippen LogP contribution in [0.3, 0.4) is 0 Å². The largest absolute Gasteiger partial charge is 0.492 e. The van der Waals surface area contributed by atoms with Gasteiger partial charge in [0, 0.05) is 26.1 Å². The third-order valence-electron chi connectivity index (χ3n) is 4.27. The molecule has 0 aliphatic carbocycles. The van der Waals surface area contributed by atoms with Crippen LogP contribution < -0.4 is 4.74 Å². The van der Waals surface area contributed by atoms with Crippen LogP contribution in [0.25, 0.3) is 0 Å². The van der Waals surface area contributed by atoms with E-state index < -0.39 is 0 Å². The molecule has 1 saturated heterocycles. The number of carbonyl (C=O) groups is 1. The van der Waals surface area contributed by atoms with E-state index in [0.29, 0.717) is 31.9 Å². The van der Waals surface area contributed by atoms with E-state index in [-0.39, 0.29) is 12.0 Å². The zero-order chi connectivity index (χ0) is 15.5. The lowest BCUT2D eigenvalue weighted by molar-refractivity contribution is -0.0270. The molecule has 1 unspecified atom stereocenters. The highest BCUT2D eigenvalue weighted by Crippen LogP contribution is 2.30. The molecule has 120 valence electrons. The maximum Gasteiger partial charge on any atom is 0.257 e. The number of amides is 1. The second kappa shape index (κ2) is 6.67. The lowest BCUT2D eigenvalue weighted by Gasteiger charge is -2.33. The number of para-hydroxylation sites is 1. The van der Waals surface area contributed by atoms with Gasteiger partial charge >= 0.3 is 0 Å². The number of rotatable bonds is 4. The van der Waals surface area contributed by atoms with Gasteiger partial charge in [-0.25, -0.2) is 0 Å². The molecule has 5 nitrogen and oxygen atoms in total. The molecule has 0 N–H and O–H groups in total. The zero-order valence-electron chi connectivity index (χ0n) is 13.4. The SMILES string of the molecule is CN(C)CCC1CN(C(=O)c2cccc3c2OCC3)CCO1. The maximum atomic E-state index is 12.8. The Labute approximate surface area is 131 Å². The van der Waals surface area contributed by atoms with E-state index in [1.54, 1.807) is 0 Å². The summed E-state index contributed by atoms with van der Waals surface area (Å²) >= 11 is 0. The standard InChI is InChI=1S/C17H24N2O3/c1-18(2)8-6-14-12-19(9-11-21-14)17(20)15-5-3-4-13-7-10-22-16(13)15/h3-5,14H,6-12H2,1-2H3. The van der Waals surface area contributed by atoms with Crippen LogP contribution in [0.4, 0.5) is 0 Å². The molecule has 0 radical (unpaired) electrons. The van der Waals surface area contributed by atoms with Gasteiger partial charge in [0.25, 0.3) is 5.91 Å². The normalized spacial score (nSPS) is 20.9. The van der Waals surface area contributed by atoms with Crippen molar-refractivity contribution in [1.29, 1.82) is 0 Å². The highest BCUT2D eigenvalue weighted by atomic mass is 16.5. The summed E-state index contributed by atoms with van der Waals surface area (Å²) in [7, 11) is 4.10. The topological polar surface area (TPSA) is 42.0 Å². The Kier molecular flexibility index (Phi) is 4.64. The zero-order valence-corrected chi connectivity index (χ0v) is 13.4. The summed E-state index contributed by atoms with van der Waals surface area (Å²) in [5.41, 5.74) is 1.84. The number of hydrogen-bond acceptors (Lipinski definition) is 4. The van der Waals surface area contributed by atoms with Crippen LogP contribution in [-0.2, 0) is 11.2 Å². The van der Waals surface area contributed by atoms with E-state index in [0.717, 1.165) is 30.7 Å². The van der Waals surface area contributed by atoms with E-state index in [1.165, 1.54) is 0 Å². The molecule has 2 aliphatic heterocycles. The first-order valence-electron chi connectivity index (χ1n) is 7.95. The molecule has 1 aromatic carbocycles. The third kappa shape index (κ3) is 3.25. The summed E-state index contributed by atoms with van der Waals surface area (Å²) in [4.78, 5) is 16.9. The summed E-state index contributed by atoms with van der Waals surface area (Å²) in [5, 5.41) is 0. The molecule has 3 rings (SSSR count). The molecule has 0 spiro atoms. The van der Waals surface area contributed by atoms with Gasteiger partial charge in [-0.3, -0.25) is 4.79 Å². The fourth-order valence-electron chi connectivity index (χ4n) is 3.03. The predicted molar refractivity (Wildman–Crippen MR) is 84.5 cm³/mol. The van der Waals surface area contributed by atoms with Crippen molar-refractivity contribution in [3.63, 3.8) is 0 Å². The molecule has 5 heteroatoms. The fraction of sp³-hybridized carbons (Fsp3) is 0.588. The monoisotopic (exact) mass is 304 g/mol. The second-order valence-corrected chi connectivity index (χ2v) is 6.23. The molecule has 0 aromatic heterocycles. The highest BCUT2D eigenvalue weighted by Gasteiger charge is 2.28. The predicted octanol–water partition coefficient (Wildman–Crippen LogP) is 1.41. The van der Waals surface area contributed by atoms with Crippen molar-refractivity contribution in [3.8, 4) is 5.75 Å². The molecule has 2 heterocycles. The first-order valence-corrected chi connectivity index (χ1v) is 7.95. The minimum Gasteiger partial charge on any atom is -0.492 e. The molecule has 1 amide bonds. The Balaban J connectivity index is 1.68. The van der Waals surface area contributed by atoms with Gasteiger partial charge in [0.05, 0.1) is 24.9 Å². The smallest absolute Gasteiger partial charge is 0.257 e. The number of morpholine rings is 1. The van der Waals surface area contributed by atoms with Crippen molar-refractivity contribution in [2.24, 2.45) is 0 Å². The first kappa shape index (κ1) is 15.3. The molecular weight excluding hydrogens is 280 g/mol. The van der Waals surface area contributed by atoms with Crippen LogP contribution in [0.1, 0.15) is 22.3 Å². The van der Waals surface area contributed by atoms with Crippen molar-refractivity contribution in [2.45, 2.75) is 18.9 Å². The Morgan fingerprint density at radius 1 is 1.36 bits per heavy atom. The van der Waals surface area contributed by atoms with Gasteiger partial charge in [-0.2, -0.15) is 0 Å². The molecule has 1 aromatic rings. The molecule has 1 atom stereocenters.